The molecule has 1 aliphatic heterocycles. The minimum atomic E-state index is -0.416. The lowest BCUT2D eigenvalue weighted by atomic mass is 10.0. The first-order valence-corrected chi connectivity index (χ1v) is 7.21. The highest BCUT2D eigenvalue weighted by atomic mass is 19.1. The molecule has 2 N–H and O–H groups in total. The van der Waals surface area contributed by atoms with Gasteiger partial charge in [-0.05, 0) is 48.4 Å². The third-order valence-corrected chi connectivity index (χ3v) is 3.45. The lowest BCUT2D eigenvalue weighted by molar-refractivity contribution is -0.118. The molecule has 5 nitrogen and oxygen atoms in total. The normalized spacial score (nSPS) is 13.0. The van der Waals surface area contributed by atoms with Gasteiger partial charge in [0.1, 0.15) is 11.6 Å². The summed E-state index contributed by atoms with van der Waals surface area (Å²) in [5.41, 5.74) is 2.14. The molecule has 0 fully saturated rings. The molecule has 2 amide bonds. The summed E-state index contributed by atoms with van der Waals surface area (Å²) in [7, 11) is 0. The van der Waals surface area contributed by atoms with Crippen LogP contribution in [0.3, 0.4) is 0 Å². The zero-order chi connectivity index (χ0) is 16.2. The summed E-state index contributed by atoms with van der Waals surface area (Å²) in [6.07, 6.45) is 1.09. The van der Waals surface area contributed by atoms with Crippen LogP contribution >= 0.6 is 0 Å². The standard InChI is InChI=1S/C17H15FN2O3/c18-12-2-1-3-13(9-12)19-17(22)10-23-14-5-6-15-11(8-14)4-7-16(21)20-15/h1-3,5-6,8-9H,4,7,10H2,(H,19,22)(H,20,21). The maximum atomic E-state index is 13.0. The van der Waals surface area contributed by atoms with Gasteiger partial charge in [-0.15, -0.1) is 0 Å². The Kier molecular flexibility index (Phi) is 4.23. The van der Waals surface area contributed by atoms with Crippen molar-refractivity contribution < 1.29 is 18.7 Å². The van der Waals surface area contributed by atoms with Crippen molar-refractivity contribution in [1.82, 2.24) is 0 Å². The Labute approximate surface area is 132 Å². The molecular formula is C17H15FN2O3. The molecule has 1 aliphatic rings. The second-order valence-corrected chi connectivity index (χ2v) is 5.21. The molecule has 0 aliphatic carbocycles. The van der Waals surface area contributed by atoms with E-state index in [1.165, 1.54) is 18.2 Å². The maximum Gasteiger partial charge on any atom is 0.262 e. The number of rotatable bonds is 4. The van der Waals surface area contributed by atoms with Crippen LogP contribution in [-0.2, 0) is 16.0 Å². The van der Waals surface area contributed by atoms with E-state index < -0.39 is 5.82 Å². The number of ether oxygens (including phenoxy) is 1. The molecule has 0 saturated carbocycles. The molecule has 2 aromatic rings. The average Bonchev–Trinajstić information content (AvgIpc) is 2.53. The van der Waals surface area contributed by atoms with Crippen LogP contribution in [0.4, 0.5) is 15.8 Å². The largest absolute Gasteiger partial charge is 0.484 e. The van der Waals surface area contributed by atoms with Crippen molar-refractivity contribution in [3.63, 3.8) is 0 Å². The number of anilines is 2. The number of carbonyl (C=O) groups excluding carboxylic acids is 2. The summed E-state index contributed by atoms with van der Waals surface area (Å²) in [5.74, 6) is -0.239. The number of halogens is 1. The number of amides is 2. The van der Waals surface area contributed by atoms with E-state index in [2.05, 4.69) is 10.6 Å². The third kappa shape index (κ3) is 3.85. The molecule has 0 saturated heterocycles. The van der Waals surface area contributed by atoms with Gasteiger partial charge in [-0.2, -0.15) is 0 Å². The lowest BCUT2D eigenvalue weighted by Gasteiger charge is -2.17. The van der Waals surface area contributed by atoms with E-state index in [9.17, 15) is 14.0 Å². The fraction of sp³-hybridized carbons (Fsp3) is 0.176. The predicted octanol–water partition coefficient (Wildman–Crippen LogP) is 2.73. The van der Waals surface area contributed by atoms with Crippen LogP contribution in [0.5, 0.6) is 5.75 Å². The first-order chi connectivity index (χ1) is 11.1. The molecule has 1 heterocycles. The molecule has 2 aromatic carbocycles. The Morgan fingerprint density at radius 2 is 2.09 bits per heavy atom. The first kappa shape index (κ1) is 15.0. The van der Waals surface area contributed by atoms with E-state index in [-0.39, 0.29) is 18.4 Å². The molecule has 6 heteroatoms. The van der Waals surface area contributed by atoms with Gasteiger partial charge in [0.15, 0.2) is 6.61 Å². The van der Waals surface area contributed by atoms with E-state index in [1.54, 1.807) is 18.2 Å². The molecule has 0 aromatic heterocycles. The Hall–Kier alpha value is -2.89. The van der Waals surface area contributed by atoms with Gasteiger partial charge in [0, 0.05) is 17.8 Å². The van der Waals surface area contributed by atoms with Crippen molar-refractivity contribution >= 4 is 23.2 Å². The summed E-state index contributed by atoms with van der Waals surface area (Å²) < 4.78 is 18.5. The minimum Gasteiger partial charge on any atom is -0.484 e. The van der Waals surface area contributed by atoms with Crippen LogP contribution < -0.4 is 15.4 Å². The molecule has 0 unspecified atom stereocenters. The van der Waals surface area contributed by atoms with Crippen LogP contribution in [0, 0.1) is 5.82 Å². The van der Waals surface area contributed by atoms with Gasteiger partial charge in [0.25, 0.3) is 5.91 Å². The second-order valence-electron chi connectivity index (χ2n) is 5.21. The highest BCUT2D eigenvalue weighted by Crippen LogP contribution is 2.26. The Balaban J connectivity index is 1.58. The van der Waals surface area contributed by atoms with Gasteiger partial charge in [-0.1, -0.05) is 6.07 Å². The van der Waals surface area contributed by atoms with Gasteiger partial charge in [0.2, 0.25) is 5.91 Å². The highest BCUT2D eigenvalue weighted by Gasteiger charge is 2.15. The second kappa shape index (κ2) is 6.48. The molecule has 0 spiro atoms. The van der Waals surface area contributed by atoms with Crippen molar-refractivity contribution in [3.8, 4) is 5.75 Å². The lowest BCUT2D eigenvalue weighted by Crippen LogP contribution is -2.21. The average molecular weight is 314 g/mol. The van der Waals surface area contributed by atoms with E-state index >= 15 is 0 Å². The van der Waals surface area contributed by atoms with Crippen LogP contribution in [0.2, 0.25) is 0 Å². The summed E-state index contributed by atoms with van der Waals surface area (Å²) in [5, 5.41) is 5.34. The fourth-order valence-electron chi connectivity index (χ4n) is 2.36. The zero-order valence-corrected chi connectivity index (χ0v) is 12.3. The summed E-state index contributed by atoms with van der Waals surface area (Å²) in [6, 6.07) is 10.9. The van der Waals surface area contributed by atoms with Crippen molar-refractivity contribution in [1.29, 1.82) is 0 Å². The fourth-order valence-corrected chi connectivity index (χ4v) is 2.36. The number of fused-ring (bicyclic) bond motifs is 1. The zero-order valence-electron chi connectivity index (χ0n) is 12.3. The number of nitrogens with one attached hydrogen (secondary N) is 2. The molecule has 118 valence electrons. The Morgan fingerprint density at radius 1 is 1.22 bits per heavy atom. The molecular weight excluding hydrogens is 299 g/mol. The van der Waals surface area contributed by atoms with Gasteiger partial charge < -0.3 is 15.4 Å². The van der Waals surface area contributed by atoms with Crippen LogP contribution in [0.1, 0.15) is 12.0 Å². The number of carbonyl (C=O) groups is 2. The van der Waals surface area contributed by atoms with Crippen LogP contribution in [-0.4, -0.2) is 18.4 Å². The van der Waals surface area contributed by atoms with Crippen molar-refractivity contribution in [2.45, 2.75) is 12.8 Å². The van der Waals surface area contributed by atoms with Crippen molar-refractivity contribution in [3.05, 3.63) is 53.8 Å². The Bertz CT molecular complexity index is 761. The molecule has 23 heavy (non-hydrogen) atoms. The topological polar surface area (TPSA) is 67.4 Å². The van der Waals surface area contributed by atoms with Gasteiger partial charge in [0.05, 0.1) is 0 Å². The van der Waals surface area contributed by atoms with E-state index in [1.807, 2.05) is 6.07 Å². The maximum absolute atomic E-state index is 13.0. The van der Waals surface area contributed by atoms with Crippen LogP contribution in [0.25, 0.3) is 0 Å². The van der Waals surface area contributed by atoms with Crippen LogP contribution in [0.15, 0.2) is 42.5 Å². The number of aryl methyl sites for hydroxylation is 1. The molecule has 0 bridgehead atoms. The first-order valence-electron chi connectivity index (χ1n) is 7.21. The molecule has 0 radical (unpaired) electrons. The van der Waals surface area contributed by atoms with Gasteiger partial charge in [-0.3, -0.25) is 9.59 Å². The van der Waals surface area contributed by atoms with Crippen molar-refractivity contribution in [2.75, 3.05) is 17.2 Å². The molecule has 0 atom stereocenters. The minimum absolute atomic E-state index is 0.000592. The van der Waals surface area contributed by atoms with Gasteiger partial charge in [-0.25, -0.2) is 4.39 Å². The SMILES string of the molecule is O=C(COc1ccc2c(c1)CCC(=O)N2)Nc1cccc(F)c1. The monoisotopic (exact) mass is 314 g/mol. The van der Waals surface area contributed by atoms with E-state index in [0.29, 0.717) is 24.3 Å². The van der Waals surface area contributed by atoms with Crippen molar-refractivity contribution in [2.24, 2.45) is 0 Å². The molecule has 3 rings (SSSR count). The number of benzene rings is 2. The smallest absolute Gasteiger partial charge is 0.262 e. The summed E-state index contributed by atoms with van der Waals surface area (Å²) in [6.45, 7) is -0.179. The quantitative estimate of drug-likeness (QED) is 0.912. The summed E-state index contributed by atoms with van der Waals surface area (Å²) >= 11 is 0. The highest BCUT2D eigenvalue weighted by molar-refractivity contribution is 5.94. The summed E-state index contributed by atoms with van der Waals surface area (Å²) in [4.78, 5) is 23.1. The predicted molar refractivity (Wildman–Crippen MR) is 83.9 cm³/mol. The van der Waals surface area contributed by atoms with E-state index in [4.69, 9.17) is 4.74 Å². The number of hydrogen-bond acceptors (Lipinski definition) is 3. The van der Waals surface area contributed by atoms with Gasteiger partial charge >= 0.3 is 0 Å². The third-order valence-electron chi connectivity index (χ3n) is 3.45. The number of hydrogen-bond donors (Lipinski definition) is 2. The van der Waals surface area contributed by atoms with E-state index in [0.717, 1.165) is 11.3 Å². The Morgan fingerprint density at radius 3 is 2.91 bits per heavy atom.